The van der Waals surface area contributed by atoms with Crippen molar-refractivity contribution in [2.24, 2.45) is 0 Å². The average molecular weight is 353 g/mol. The van der Waals surface area contributed by atoms with Crippen molar-refractivity contribution in [2.75, 3.05) is 13.2 Å². The predicted octanol–water partition coefficient (Wildman–Crippen LogP) is 2.70. The zero-order valence-electron chi connectivity index (χ0n) is 14.1. The van der Waals surface area contributed by atoms with E-state index in [1.165, 1.54) is 6.07 Å². The van der Waals surface area contributed by atoms with Gasteiger partial charge in [-0.2, -0.15) is 0 Å². The van der Waals surface area contributed by atoms with Crippen LogP contribution in [0.5, 0.6) is 5.75 Å². The highest BCUT2D eigenvalue weighted by molar-refractivity contribution is 7.89. The van der Waals surface area contributed by atoms with Crippen LogP contribution in [0, 0.1) is 13.8 Å². The number of aliphatic hydroxyl groups is 1. The summed E-state index contributed by atoms with van der Waals surface area (Å²) in [5, 5.41) is 10.00. The normalized spacial score (nSPS) is 13.0. The van der Waals surface area contributed by atoms with Crippen LogP contribution in [0.4, 0.5) is 0 Å². The molecule has 0 bridgehead atoms. The van der Waals surface area contributed by atoms with Crippen LogP contribution in [-0.4, -0.2) is 26.7 Å². The van der Waals surface area contributed by atoms with Crippen LogP contribution in [0.1, 0.15) is 36.5 Å². The molecule has 0 spiro atoms. The highest BCUT2D eigenvalue weighted by Crippen LogP contribution is 2.22. The number of sulfonamides is 1. The lowest BCUT2D eigenvalue weighted by atomic mass is 10.2. The number of furan rings is 1. The minimum absolute atomic E-state index is 0.131. The van der Waals surface area contributed by atoms with Gasteiger partial charge in [-0.1, -0.05) is 6.92 Å². The first-order valence-electron chi connectivity index (χ1n) is 7.81. The first-order chi connectivity index (χ1) is 11.3. The molecule has 1 heterocycles. The standard InChI is InChI=1S/C17H23NO5S/c1-4-9-22-16-8-6-14(10-12(16)2)24(20,21)18-11-15(19)17-7-5-13(3)23-17/h5-8,10,15,18-19H,4,9,11H2,1-3H3. The highest BCUT2D eigenvalue weighted by Gasteiger charge is 2.19. The number of nitrogens with one attached hydrogen (secondary N) is 1. The van der Waals surface area contributed by atoms with Gasteiger partial charge in [-0.3, -0.25) is 0 Å². The first kappa shape index (κ1) is 18.5. The smallest absolute Gasteiger partial charge is 0.240 e. The van der Waals surface area contributed by atoms with Gasteiger partial charge in [0.1, 0.15) is 23.4 Å². The molecular formula is C17H23NO5S. The molecule has 1 atom stereocenters. The molecule has 2 rings (SSSR count). The Kier molecular flexibility index (Phi) is 6.04. The minimum Gasteiger partial charge on any atom is -0.493 e. The van der Waals surface area contributed by atoms with Crippen molar-refractivity contribution in [3.05, 3.63) is 47.4 Å². The Morgan fingerprint density at radius 1 is 1.25 bits per heavy atom. The van der Waals surface area contributed by atoms with Crippen molar-refractivity contribution in [1.29, 1.82) is 0 Å². The highest BCUT2D eigenvalue weighted by atomic mass is 32.2. The molecule has 132 valence electrons. The molecule has 1 aromatic heterocycles. The van der Waals surface area contributed by atoms with Gasteiger partial charge in [0.25, 0.3) is 0 Å². The molecule has 0 radical (unpaired) electrons. The molecule has 0 aliphatic carbocycles. The molecule has 2 aromatic rings. The van der Waals surface area contributed by atoms with E-state index in [1.54, 1.807) is 38.1 Å². The van der Waals surface area contributed by atoms with E-state index in [0.717, 1.165) is 12.0 Å². The van der Waals surface area contributed by atoms with E-state index in [4.69, 9.17) is 9.15 Å². The van der Waals surface area contributed by atoms with Gasteiger partial charge in [0, 0.05) is 6.54 Å². The summed E-state index contributed by atoms with van der Waals surface area (Å²) >= 11 is 0. The number of rotatable bonds is 8. The third kappa shape index (κ3) is 4.59. The van der Waals surface area contributed by atoms with Crippen molar-refractivity contribution in [3.8, 4) is 5.75 Å². The molecular weight excluding hydrogens is 330 g/mol. The molecule has 24 heavy (non-hydrogen) atoms. The van der Waals surface area contributed by atoms with Crippen LogP contribution >= 0.6 is 0 Å². The molecule has 1 aromatic carbocycles. The van der Waals surface area contributed by atoms with Crippen LogP contribution < -0.4 is 9.46 Å². The number of hydrogen-bond acceptors (Lipinski definition) is 5. The van der Waals surface area contributed by atoms with Gasteiger partial charge in [-0.15, -0.1) is 0 Å². The van der Waals surface area contributed by atoms with E-state index in [-0.39, 0.29) is 11.4 Å². The summed E-state index contributed by atoms with van der Waals surface area (Å²) in [5.74, 6) is 1.65. The Balaban J connectivity index is 2.05. The van der Waals surface area contributed by atoms with Crippen molar-refractivity contribution in [2.45, 2.75) is 38.2 Å². The lowest BCUT2D eigenvalue weighted by Gasteiger charge is -2.13. The summed E-state index contributed by atoms with van der Waals surface area (Å²) in [6, 6.07) is 8.02. The van der Waals surface area contributed by atoms with E-state index in [1.807, 2.05) is 6.92 Å². The lowest BCUT2D eigenvalue weighted by Crippen LogP contribution is -2.28. The molecule has 0 amide bonds. The van der Waals surface area contributed by atoms with Gasteiger partial charge in [0.15, 0.2) is 0 Å². The van der Waals surface area contributed by atoms with Crippen LogP contribution in [0.15, 0.2) is 39.6 Å². The second-order valence-corrected chi connectivity index (χ2v) is 7.36. The fourth-order valence-corrected chi connectivity index (χ4v) is 3.29. The van der Waals surface area contributed by atoms with E-state index in [9.17, 15) is 13.5 Å². The summed E-state index contributed by atoms with van der Waals surface area (Å²) in [6.07, 6.45) is -0.160. The fourth-order valence-electron chi connectivity index (χ4n) is 2.17. The topological polar surface area (TPSA) is 88.8 Å². The van der Waals surface area contributed by atoms with Gasteiger partial charge in [0.05, 0.1) is 11.5 Å². The van der Waals surface area contributed by atoms with Crippen molar-refractivity contribution in [3.63, 3.8) is 0 Å². The van der Waals surface area contributed by atoms with Crippen LogP contribution in [0.2, 0.25) is 0 Å². The first-order valence-corrected chi connectivity index (χ1v) is 9.29. The zero-order chi connectivity index (χ0) is 17.7. The largest absolute Gasteiger partial charge is 0.493 e. The number of aryl methyl sites for hydroxylation is 2. The van der Waals surface area contributed by atoms with E-state index in [0.29, 0.717) is 23.9 Å². The molecule has 1 unspecified atom stereocenters. The monoisotopic (exact) mass is 353 g/mol. The third-order valence-electron chi connectivity index (χ3n) is 3.47. The van der Waals surface area contributed by atoms with E-state index in [2.05, 4.69) is 4.72 Å². The lowest BCUT2D eigenvalue weighted by molar-refractivity contribution is 0.152. The maximum Gasteiger partial charge on any atom is 0.240 e. The van der Waals surface area contributed by atoms with Crippen molar-refractivity contribution >= 4 is 10.0 Å². The third-order valence-corrected chi connectivity index (χ3v) is 4.90. The minimum atomic E-state index is -3.72. The SMILES string of the molecule is CCCOc1ccc(S(=O)(=O)NCC(O)c2ccc(C)o2)cc1C. The summed E-state index contributed by atoms with van der Waals surface area (Å²) in [6.45, 7) is 5.97. The fraction of sp³-hybridized carbons (Fsp3) is 0.412. The Labute approximate surface area is 142 Å². The Morgan fingerprint density at radius 3 is 2.58 bits per heavy atom. The second-order valence-electron chi connectivity index (χ2n) is 5.59. The van der Waals surface area contributed by atoms with Gasteiger partial charge >= 0.3 is 0 Å². The number of ether oxygens (including phenoxy) is 1. The van der Waals surface area contributed by atoms with Crippen molar-refractivity contribution < 1.29 is 22.7 Å². The Bertz CT molecular complexity index is 782. The molecule has 0 saturated heterocycles. The number of benzene rings is 1. The summed E-state index contributed by atoms with van der Waals surface area (Å²) in [7, 11) is -3.72. The van der Waals surface area contributed by atoms with Gasteiger partial charge < -0.3 is 14.3 Å². The van der Waals surface area contributed by atoms with Crippen LogP contribution in [0.25, 0.3) is 0 Å². The Morgan fingerprint density at radius 2 is 2.00 bits per heavy atom. The molecule has 6 nitrogen and oxygen atoms in total. The summed E-state index contributed by atoms with van der Waals surface area (Å²) < 4.78 is 37.9. The number of aliphatic hydroxyl groups excluding tert-OH is 1. The molecule has 0 fully saturated rings. The van der Waals surface area contributed by atoms with E-state index < -0.39 is 16.1 Å². The second kappa shape index (κ2) is 7.83. The summed E-state index contributed by atoms with van der Waals surface area (Å²) in [5.41, 5.74) is 0.744. The zero-order valence-corrected chi connectivity index (χ0v) is 14.9. The molecule has 7 heteroatoms. The molecule has 0 aliphatic heterocycles. The molecule has 2 N–H and O–H groups in total. The Hall–Kier alpha value is -1.83. The van der Waals surface area contributed by atoms with Gasteiger partial charge in [-0.05, 0) is 56.2 Å². The maximum atomic E-state index is 12.4. The quantitative estimate of drug-likeness (QED) is 0.762. The molecule has 0 saturated carbocycles. The predicted molar refractivity (Wildman–Crippen MR) is 90.6 cm³/mol. The van der Waals surface area contributed by atoms with Crippen LogP contribution in [-0.2, 0) is 10.0 Å². The average Bonchev–Trinajstić information content (AvgIpc) is 2.98. The van der Waals surface area contributed by atoms with E-state index >= 15 is 0 Å². The van der Waals surface area contributed by atoms with Crippen LogP contribution in [0.3, 0.4) is 0 Å². The number of hydrogen-bond donors (Lipinski definition) is 2. The van der Waals surface area contributed by atoms with Gasteiger partial charge in [-0.25, -0.2) is 13.1 Å². The maximum absolute atomic E-state index is 12.4. The molecule has 0 aliphatic rings. The van der Waals surface area contributed by atoms with Crippen molar-refractivity contribution in [1.82, 2.24) is 4.72 Å². The summed E-state index contributed by atoms with van der Waals surface area (Å²) in [4.78, 5) is 0.131. The van der Waals surface area contributed by atoms with Gasteiger partial charge in [0.2, 0.25) is 10.0 Å².